The molecule has 1 fully saturated rings. The Morgan fingerprint density at radius 2 is 2.28 bits per heavy atom. The smallest absolute Gasteiger partial charge is 0.339 e. The molecule has 3 rings (SSSR count). The minimum Gasteiger partial charge on any atom is -0.478 e. The summed E-state index contributed by atoms with van der Waals surface area (Å²) in [5.74, 6) is -0.382. The lowest BCUT2D eigenvalue weighted by Crippen LogP contribution is -2.02. The van der Waals surface area contributed by atoms with Crippen molar-refractivity contribution < 1.29 is 14.3 Å². The lowest BCUT2D eigenvalue weighted by Gasteiger charge is -2.08. The lowest BCUT2D eigenvalue weighted by atomic mass is 10.2. The van der Waals surface area contributed by atoms with Crippen LogP contribution >= 0.6 is 11.6 Å². The molecule has 0 radical (unpaired) electrons. The van der Waals surface area contributed by atoms with Crippen molar-refractivity contribution >= 4 is 17.6 Å². The molecule has 0 saturated heterocycles. The topological polar surface area (TPSA) is 55.4 Å². The predicted molar refractivity (Wildman–Crippen MR) is 67.1 cm³/mol. The molecule has 0 aromatic carbocycles. The van der Waals surface area contributed by atoms with Crippen molar-refractivity contribution in [1.29, 1.82) is 0 Å². The highest BCUT2D eigenvalue weighted by molar-refractivity contribution is 6.36. The van der Waals surface area contributed by atoms with Gasteiger partial charge in [0.05, 0.1) is 16.8 Å². The van der Waals surface area contributed by atoms with Gasteiger partial charge in [-0.15, -0.1) is 0 Å². The van der Waals surface area contributed by atoms with Crippen LogP contribution in [-0.2, 0) is 0 Å². The molecule has 2 heterocycles. The summed E-state index contributed by atoms with van der Waals surface area (Å²) in [7, 11) is 0. The van der Waals surface area contributed by atoms with E-state index in [0.29, 0.717) is 23.2 Å². The molecule has 94 valence electrons. The van der Waals surface area contributed by atoms with Crippen molar-refractivity contribution in [3.63, 3.8) is 0 Å². The molecular formula is C13H12ClNO3. The van der Waals surface area contributed by atoms with Crippen LogP contribution in [0.5, 0.6) is 0 Å². The average molecular weight is 266 g/mol. The number of aromatic nitrogens is 1. The molecule has 0 bridgehead atoms. The highest BCUT2D eigenvalue weighted by Gasteiger charge is 2.33. The third kappa shape index (κ3) is 1.56. The fourth-order valence-electron chi connectivity index (χ4n) is 2.35. The normalized spacial score (nSPS) is 15.0. The minimum absolute atomic E-state index is 0.176. The van der Waals surface area contributed by atoms with Gasteiger partial charge >= 0.3 is 5.97 Å². The molecule has 1 aliphatic rings. The molecule has 1 aliphatic carbocycles. The van der Waals surface area contributed by atoms with E-state index in [-0.39, 0.29) is 10.6 Å². The first kappa shape index (κ1) is 11.4. The van der Waals surface area contributed by atoms with Crippen LogP contribution in [0.15, 0.2) is 22.8 Å². The van der Waals surface area contributed by atoms with Crippen molar-refractivity contribution in [3.8, 4) is 11.5 Å². The number of carboxylic acid groups (broad SMARTS) is 1. The fraction of sp³-hybridized carbons (Fsp3) is 0.308. The molecule has 2 aromatic heterocycles. The highest BCUT2D eigenvalue weighted by Crippen LogP contribution is 2.45. The van der Waals surface area contributed by atoms with Gasteiger partial charge in [0, 0.05) is 11.7 Å². The zero-order valence-electron chi connectivity index (χ0n) is 9.81. The quantitative estimate of drug-likeness (QED) is 0.920. The number of carbonyl (C=O) groups is 1. The number of hydrogen-bond acceptors (Lipinski definition) is 2. The van der Waals surface area contributed by atoms with Crippen LogP contribution in [0.4, 0.5) is 0 Å². The van der Waals surface area contributed by atoms with Crippen LogP contribution in [0.1, 0.15) is 34.9 Å². The summed E-state index contributed by atoms with van der Waals surface area (Å²) >= 11 is 6.23. The van der Waals surface area contributed by atoms with Crippen molar-refractivity contribution in [2.45, 2.75) is 25.8 Å². The summed E-state index contributed by atoms with van der Waals surface area (Å²) in [4.78, 5) is 11.3. The van der Waals surface area contributed by atoms with Crippen LogP contribution in [0.3, 0.4) is 0 Å². The molecule has 0 spiro atoms. The third-order valence-corrected chi connectivity index (χ3v) is 3.64. The highest BCUT2D eigenvalue weighted by atomic mass is 35.5. The monoisotopic (exact) mass is 265 g/mol. The summed E-state index contributed by atoms with van der Waals surface area (Å²) in [5, 5.41) is 9.52. The number of halogens is 1. The fourth-order valence-corrected chi connectivity index (χ4v) is 2.75. The van der Waals surface area contributed by atoms with Crippen LogP contribution in [0.25, 0.3) is 11.5 Å². The van der Waals surface area contributed by atoms with E-state index in [1.807, 2.05) is 4.57 Å². The number of carboxylic acids is 1. The van der Waals surface area contributed by atoms with Gasteiger partial charge in [-0.3, -0.25) is 0 Å². The van der Waals surface area contributed by atoms with E-state index in [0.717, 1.165) is 12.8 Å². The standard InChI is InChI=1S/C13H12ClNO3/c1-7-10(13(16)17)11(14)12(9-3-2-6-18-9)15(7)8-4-5-8/h2-3,6,8H,4-5H2,1H3,(H,16,17). The number of hydrogen-bond donors (Lipinski definition) is 1. The summed E-state index contributed by atoms with van der Waals surface area (Å²) < 4.78 is 7.36. The molecule has 18 heavy (non-hydrogen) atoms. The Bertz CT molecular complexity index is 609. The first-order chi connectivity index (χ1) is 8.61. The van der Waals surface area contributed by atoms with Crippen LogP contribution in [-0.4, -0.2) is 15.6 Å². The van der Waals surface area contributed by atoms with Crippen LogP contribution < -0.4 is 0 Å². The molecule has 2 aromatic rings. The lowest BCUT2D eigenvalue weighted by molar-refractivity contribution is 0.0696. The second-order valence-electron chi connectivity index (χ2n) is 4.51. The Hall–Kier alpha value is -1.68. The van der Waals surface area contributed by atoms with E-state index in [2.05, 4.69) is 0 Å². The van der Waals surface area contributed by atoms with Gasteiger partial charge in [-0.1, -0.05) is 11.6 Å². The van der Waals surface area contributed by atoms with Gasteiger partial charge in [0.15, 0.2) is 5.76 Å². The van der Waals surface area contributed by atoms with Gasteiger partial charge in [-0.2, -0.15) is 0 Å². The number of rotatable bonds is 3. The van der Waals surface area contributed by atoms with E-state index in [1.54, 1.807) is 25.3 Å². The molecular weight excluding hydrogens is 254 g/mol. The Morgan fingerprint density at radius 3 is 2.78 bits per heavy atom. The van der Waals surface area contributed by atoms with Crippen LogP contribution in [0.2, 0.25) is 5.02 Å². The molecule has 0 atom stereocenters. The van der Waals surface area contributed by atoms with Crippen LogP contribution in [0, 0.1) is 6.92 Å². The van der Waals surface area contributed by atoms with E-state index in [1.165, 1.54) is 0 Å². The van der Waals surface area contributed by atoms with E-state index < -0.39 is 5.97 Å². The average Bonchev–Trinajstić information content (AvgIpc) is 2.91. The Balaban J connectivity index is 2.29. The van der Waals surface area contributed by atoms with Crippen molar-refractivity contribution in [1.82, 2.24) is 4.57 Å². The Morgan fingerprint density at radius 1 is 1.56 bits per heavy atom. The molecule has 1 N–H and O–H groups in total. The molecule has 0 aliphatic heterocycles. The molecule has 5 heteroatoms. The van der Waals surface area contributed by atoms with Gasteiger partial charge in [0.25, 0.3) is 0 Å². The van der Waals surface area contributed by atoms with Crippen molar-refractivity contribution in [2.24, 2.45) is 0 Å². The van der Waals surface area contributed by atoms with E-state index in [4.69, 9.17) is 16.0 Å². The second kappa shape index (κ2) is 3.92. The molecule has 0 unspecified atom stereocenters. The summed E-state index contributed by atoms with van der Waals surface area (Å²) in [6, 6.07) is 3.91. The number of nitrogens with zero attached hydrogens (tertiary/aromatic N) is 1. The maximum atomic E-state index is 11.3. The largest absolute Gasteiger partial charge is 0.478 e. The maximum absolute atomic E-state index is 11.3. The molecule has 1 saturated carbocycles. The Labute approximate surface area is 109 Å². The zero-order valence-corrected chi connectivity index (χ0v) is 10.6. The second-order valence-corrected chi connectivity index (χ2v) is 4.88. The van der Waals surface area contributed by atoms with E-state index >= 15 is 0 Å². The minimum atomic E-state index is -0.996. The summed E-state index contributed by atoms with van der Waals surface area (Å²) in [5.41, 5.74) is 1.55. The van der Waals surface area contributed by atoms with Gasteiger partial charge in [0.1, 0.15) is 5.69 Å². The summed E-state index contributed by atoms with van der Waals surface area (Å²) in [6.07, 6.45) is 3.67. The van der Waals surface area contributed by atoms with Crippen molar-refractivity contribution in [3.05, 3.63) is 34.7 Å². The van der Waals surface area contributed by atoms with Gasteiger partial charge in [-0.05, 0) is 31.9 Å². The van der Waals surface area contributed by atoms with Gasteiger partial charge in [-0.25, -0.2) is 4.79 Å². The SMILES string of the molecule is Cc1c(C(=O)O)c(Cl)c(-c2ccco2)n1C1CC1. The third-order valence-electron chi connectivity index (χ3n) is 3.27. The number of furan rings is 1. The predicted octanol–water partition coefficient (Wildman–Crippen LogP) is 3.74. The maximum Gasteiger partial charge on any atom is 0.339 e. The zero-order chi connectivity index (χ0) is 12.9. The first-order valence-corrected chi connectivity index (χ1v) is 6.16. The molecule has 0 amide bonds. The van der Waals surface area contributed by atoms with E-state index in [9.17, 15) is 9.90 Å². The number of aromatic carboxylic acids is 1. The first-order valence-electron chi connectivity index (χ1n) is 5.78. The van der Waals surface area contributed by atoms with Gasteiger partial charge in [0.2, 0.25) is 0 Å². The summed E-state index contributed by atoms with van der Waals surface area (Å²) in [6.45, 7) is 1.79. The Kier molecular flexibility index (Phi) is 2.48. The van der Waals surface area contributed by atoms with Gasteiger partial charge < -0.3 is 14.1 Å². The molecule has 4 nitrogen and oxygen atoms in total. The van der Waals surface area contributed by atoms with Crippen molar-refractivity contribution in [2.75, 3.05) is 0 Å².